The fraction of sp³-hybridized carbons (Fsp3) is 0.143. The monoisotopic (exact) mass is 364 g/mol. The Labute approximate surface area is 157 Å². The van der Waals surface area contributed by atoms with Crippen LogP contribution in [0.2, 0.25) is 0 Å². The number of likely N-dealkylation sites (N-methyl/N-ethyl adjacent to an activating group) is 1. The van der Waals surface area contributed by atoms with Crippen LogP contribution in [0.15, 0.2) is 71.6 Å². The summed E-state index contributed by atoms with van der Waals surface area (Å²) < 4.78 is 0. The van der Waals surface area contributed by atoms with Crippen molar-refractivity contribution in [2.45, 2.75) is 4.90 Å². The predicted molar refractivity (Wildman–Crippen MR) is 108 cm³/mol. The standard InChI is InChI=1S/C21H20N2O2S/c1-23(14-20(24)22-18-12-5-6-13-19(18)26-2)21(25)17-11-7-9-15-8-3-4-10-16(15)17/h3-13H,14H2,1-2H3,(H,22,24). The Kier molecular flexibility index (Phi) is 5.58. The van der Waals surface area contributed by atoms with E-state index in [1.165, 1.54) is 4.90 Å². The highest BCUT2D eigenvalue weighted by Gasteiger charge is 2.17. The molecule has 4 nitrogen and oxygen atoms in total. The summed E-state index contributed by atoms with van der Waals surface area (Å²) in [6.07, 6.45) is 1.96. The molecule has 0 atom stereocenters. The molecule has 1 N–H and O–H groups in total. The summed E-state index contributed by atoms with van der Waals surface area (Å²) in [5, 5.41) is 4.78. The number of para-hydroxylation sites is 1. The second-order valence-electron chi connectivity index (χ2n) is 5.94. The van der Waals surface area contributed by atoms with E-state index in [0.29, 0.717) is 5.56 Å². The first-order chi connectivity index (χ1) is 12.6. The molecule has 0 bridgehead atoms. The summed E-state index contributed by atoms with van der Waals surface area (Å²) in [6, 6.07) is 21.0. The van der Waals surface area contributed by atoms with Gasteiger partial charge in [0.1, 0.15) is 0 Å². The number of hydrogen-bond acceptors (Lipinski definition) is 3. The molecule has 3 aromatic rings. The van der Waals surface area contributed by atoms with Crippen LogP contribution in [0.3, 0.4) is 0 Å². The van der Waals surface area contributed by atoms with Crippen molar-refractivity contribution >= 4 is 40.0 Å². The Morgan fingerprint density at radius 2 is 1.65 bits per heavy atom. The van der Waals surface area contributed by atoms with Gasteiger partial charge >= 0.3 is 0 Å². The average molecular weight is 364 g/mol. The molecule has 0 aliphatic rings. The summed E-state index contributed by atoms with van der Waals surface area (Å²) >= 11 is 1.57. The maximum Gasteiger partial charge on any atom is 0.254 e. The van der Waals surface area contributed by atoms with Crippen LogP contribution >= 0.6 is 11.8 Å². The number of hydrogen-bond donors (Lipinski definition) is 1. The van der Waals surface area contributed by atoms with Gasteiger partial charge in [0.25, 0.3) is 5.91 Å². The lowest BCUT2D eigenvalue weighted by atomic mass is 10.0. The van der Waals surface area contributed by atoms with E-state index in [9.17, 15) is 9.59 Å². The molecule has 0 saturated heterocycles. The van der Waals surface area contributed by atoms with Crippen LogP contribution < -0.4 is 5.32 Å². The van der Waals surface area contributed by atoms with E-state index in [1.54, 1.807) is 24.9 Å². The van der Waals surface area contributed by atoms with Gasteiger partial charge in [-0.15, -0.1) is 11.8 Å². The normalized spacial score (nSPS) is 10.5. The summed E-state index contributed by atoms with van der Waals surface area (Å²) in [7, 11) is 1.64. The van der Waals surface area contributed by atoms with Crippen LogP contribution in [0.4, 0.5) is 5.69 Å². The second kappa shape index (κ2) is 8.06. The first-order valence-electron chi connectivity index (χ1n) is 8.26. The van der Waals surface area contributed by atoms with Gasteiger partial charge in [0.15, 0.2) is 0 Å². The molecule has 3 aromatic carbocycles. The van der Waals surface area contributed by atoms with E-state index in [-0.39, 0.29) is 18.4 Å². The van der Waals surface area contributed by atoms with Crippen molar-refractivity contribution in [2.24, 2.45) is 0 Å². The molecule has 0 aromatic heterocycles. The van der Waals surface area contributed by atoms with Crippen LogP contribution in [0, 0.1) is 0 Å². The minimum Gasteiger partial charge on any atom is -0.332 e. The number of nitrogens with zero attached hydrogens (tertiary/aromatic N) is 1. The molecule has 5 heteroatoms. The zero-order valence-electron chi connectivity index (χ0n) is 14.7. The highest BCUT2D eigenvalue weighted by Crippen LogP contribution is 2.24. The summed E-state index contributed by atoms with van der Waals surface area (Å²) in [5.41, 5.74) is 1.36. The third kappa shape index (κ3) is 3.89. The number of anilines is 1. The van der Waals surface area contributed by atoms with Gasteiger partial charge in [-0.3, -0.25) is 9.59 Å². The molecule has 26 heavy (non-hydrogen) atoms. The predicted octanol–water partition coefficient (Wildman–Crippen LogP) is 4.27. The number of carbonyl (C=O) groups is 2. The molecule has 132 valence electrons. The number of rotatable bonds is 5. The highest BCUT2D eigenvalue weighted by molar-refractivity contribution is 7.98. The maximum absolute atomic E-state index is 12.8. The minimum absolute atomic E-state index is 0.00916. The quantitative estimate of drug-likeness (QED) is 0.688. The average Bonchev–Trinajstić information content (AvgIpc) is 2.67. The van der Waals surface area contributed by atoms with Crippen LogP contribution in [-0.4, -0.2) is 36.6 Å². The summed E-state index contributed by atoms with van der Waals surface area (Å²) in [6.45, 7) is -0.00916. The lowest BCUT2D eigenvalue weighted by molar-refractivity contribution is -0.116. The van der Waals surface area contributed by atoms with Crippen LogP contribution in [0.1, 0.15) is 10.4 Å². The number of thioether (sulfide) groups is 1. The fourth-order valence-corrected chi connectivity index (χ4v) is 3.40. The largest absolute Gasteiger partial charge is 0.332 e. The van der Waals surface area contributed by atoms with E-state index in [0.717, 1.165) is 21.4 Å². The number of amides is 2. The first-order valence-corrected chi connectivity index (χ1v) is 9.48. The second-order valence-corrected chi connectivity index (χ2v) is 6.78. The van der Waals surface area contributed by atoms with Crippen LogP contribution in [0.5, 0.6) is 0 Å². The fourth-order valence-electron chi connectivity index (χ4n) is 2.84. The van der Waals surface area contributed by atoms with Gasteiger partial charge in [-0.2, -0.15) is 0 Å². The van der Waals surface area contributed by atoms with Crippen molar-refractivity contribution in [3.8, 4) is 0 Å². The summed E-state index contributed by atoms with van der Waals surface area (Å²) in [4.78, 5) is 27.6. The molecule has 0 fully saturated rings. The van der Waals surface area contributed by atoms with Crippen molar-refractivity contribution in [2.75, 3.05) is 25.2 Å². The van der Waals surface area contributed by atoms with Gasteiger partial charge in [-0.25, -0.2) is 0 Å². The molecule has 0 aliphatic heterocycles. The molecule has 0 radical (unpaired) electrons. The Balaban J connectivity index is 1.73. The number of nitrogens with one attached hydrogen (secondary N) is 1. The number of carbonyl (C=O) groups excluding carboxylic acids is 2. The van der Waals surface area contributed by atoms with E-state index in [1.807, 2.05) is 66.9 Å². The smallest absolute Gasteiger partial charge is 0.254 e. The van der Waals surface area contributed by atoms with E-state index < -0.39 is 0 Å². The first kappa shape index (κ1) is 18.0. The van der Waals surface area contributed by atoms with Gasteiger partial charge in [0.05, 0.1) is 12.2 Å². The van der Waals surface area contributed by atoms with Crippen molar-refractivity contribution in [1.82, 2.24) is 4.90 Å². The van der Waals surface area contributed by atoms with Crippen LogP contribution in [-0.2, 0) is 4.79 Å². The topological polar surface area (TPSA) is 49.4 Å². The molecule has 0 saturated carbocycles. The molecular formula is C21H20N2O2S. The molecule has 3 rings (SSSR count). The molecule has 0 unspecified atom stereocenters. The van der Waals surface area contributed by atoms with Gasteiger partial charge in [-0.1, -0.05) is 48.5 Å². The number of benzene rings is 3. The van der Waals surface area contributed by atoms with Crippen molar-refractivity contribution in [3.05, 3.63) is 72.3 Å². The van der Waals surface area contributed by atoms with Crippen LogP contribution in [0.25, 0.3) is 10.8 Å². The third-order valence-electron chi connectivity index (χ3n) is 4.13. The Hall–Kier alpha value is -2.79. The SMILES string of the molecule is CSc1ccccc1NC(=O)CN(C)C(=O)c1cccc2ccccc12. The minimum atomic E-state index is -0.220. The molecule has 0 heterocycles. The maximum atomic E-state index is 12.8. The highest BCUT2D eigenvalue weighted by atomic mass is 32.2. The zero-order chi connectivity index (χ0) is 18.5. The van der Waals surface area contributed by atoms with Crippen molar-refractivity contribution < 1.29 is 9.59 Å². The Morgan fingerprint density at radius 1 is 0.962 bits per heavy atom. The molecule has 2 amide bonds. The summed E-state index contributed by atoms with van der Waals surface area (Å²) in [5.74, 6) is -0.391. The third-order valence-corrected chi connectivity index (χ3v) is 4.92. The Morgan fingerprint density at radius 3 is 2.46 bits per heavy atom. The van der Waals surface area contributed by atoms with Crippen molar-refractivity contribution in [1.29, 1.82) is 0 Å². The molecule has 0 spiro atoms. The van der Waals surface area contributed by atoms with Crippen molar-refractivity contribution in [3.63, 3.8) is 0 Å². The lowest BCUT2D eigenvalue weighted by Gasteiger charge is -2.18. The van der Waals surface area contributed by atoms with Gasteiger partial charge in [0, 0.05) is 17.5 Å². The molecule has 0 aliphatic carbocycles. The molecular weight excluding hydrogens is 344 g/mol. The van der Waals surface area contributed by atoms with Gasteiger partial charge in [0.2, 0.25) is 5.91 Å². The lowest BCUT2D eigenvalue weighted by Crippen LogP contribution is -2.35. The zero-order valence-corrected chi connectivity index (χ0v) is 15.5. The van der Waals surface area contributed by atoms with E-state index >= 15 is 0 Å². The van der Waals surface area contributed by atoms with Gasteiger partial charge < -0.3 is 10.2 Å². The Bertz CT molecular complexity index is 950. The number of fused-ring (bicyclic) bond motifs is 1. The van der Waals surface area contributed by atoms with Gasteiger partial charge in [-0.05, 0) is 35.2 Å². The van der Waals surface area contributed by atoms with E-state index in [2.05, 4.69) is 5.32 Å². The van der Waals surface area contributed by atoms with E-state index in [4.69, 9.17) is 0 Å².